The first-order chi connectivity index (χ1) is 12.3. The molecule has 0 saturated heterocycles. The lowest BCUT2D eigenvalue weighted by molar-refractivity contribution is 0.0179. The molecule has 0 heterocycles. The summed E-state index contributed by atoms with van der Waals surface area (Å²) in [5.41, 5.74) is 3.76. The topological polar surface area (TPSA) is 58.6 Å². The summed E-state index contributed by atoms with van der Waals surface area (Å²) in [6, 6.07) is 16.1. The van der Waals surface area contributed by atoms with Crippen LogP contribution in [0.25, 0.3) is 11.1 Å². The first-order valence-electron chi connectivity index (χ1n) is 9.13. The highest BCUT2D eigenvalue weighted by molar-refractivity contribution is 5.79. The number of benzene rings is 2. The third-order valence-electron chi connectivity index (χ3n) is 5.04. The molecule has 0 aromatic heterocycles. The van der Waals surface area contributed by atoms with Gasteiger partial charge in [-0.05, 0) is 42.0 Å². The lowest BCUT2D eigenvalue weighted by atomic mass is 9.89. The number of carbonyl (C=O) groups excluding carboxylic acids is 1. The van der Waals surface area contributed by atoms with E-state index in [-0.39, 0.29) is 24.5 Å². The number of aliphatic hydroxyl groups is 1. The molecule has 1 aliphatic rings. The summed E-state index contributed by atoms with van der Waals surface area (Å²) in [7, 11) is 0. The molecule has 2 aromatic carbocycles. The van der Waals surface area contributed by atoms with Crippen LogP contribution in [0.2, 0.25) is 0 Å². The van der Waals surface area contributed by atoms with E-state index in [0.717, 1.165) is 0 Å². The van der Waals surface area contributed by atoms with Crippen LogP contribution in [0, 0.1) is 5.92 Å². The Kier molecular flexibility index (Phi) is 5.05. The number of amides is 1. The van der Waals surface area contributed by atoms with Crippen LogP contribution in [0.4, 0.5) is 4.79 Å². The second-order valence-corrected chi connectivity index (χ2v) is 7.85. The van der Waals surface area contributed by atoms with Gasteiger partial charge in [0.15, 0.2) is 0 Å². The maximum atomic E-state index is 12.3. The molecule has 2 aromatic rings. The van der Waals surface area contributed by atoms with Gasteiger partial charge in [0.25, 0.3) is 0 Å². The summed E-state index contributed by atoms with van der Waals surface area (Å²) >= 11 is 0. The fourth-order valence-electron chi connectivity index (χ4n) is 3.93. The molecule has 0 unspecified atom stereocenters. The molecule has 0 radical (unpaired) electrons. The minimum absolute atomic E-state index is 0.0350. The van der Waals surface area contributed by atoms with Gasteiger partial charge in [-0.2, -0.15) is 0 Å². The van der Waals surface area contributed by atoms with E-state index in [1.807, 2.05) is 38.1 Å². The van der Waals surface area contributed by atoms with Gasteiger partial charge in [0.1, 0.15) is 6.61 Å². The van der Waals surface area contributed by atoms with E-state index in [1.54, 1.807) is 13.8 Å². The third-order valence-corrected chi connectivity index (χ3v) is 5.04. The minimum atomic E-state index is -1.01. The molecule has 0 spiro atoms. The van der Waals surface area contributed by atoms with Crippen LogP contribution >= 0.6 is 0 Å². The Hall–Kier alpha value is -2.33. The summed E-state index contributed by atoms with van der Waals surface area (Å²) in [4.78, 5) is 12.3. The van der Waals surface area contributed by atoms with Crippen molar-refractivity contribution in [1.82, 2.24) is 5.32 Å². The molecule has 4 nitrogen and oxygen atoms in total. The molecule has 0 aliphatic heterocycles. The predicted molar refractivity (Wildman–Crippen MR) is 103 cm³/mol. The zero-order valence-electron chi connectivity index (χ0n) is 15.8. The highest BCUT2D eigenvalue weighted by Crippen LogP contribution is 2.44. The summed E-state index contributed by atoms with van der Waals surface area (Å²) in [5.74, 6) is 0.128. The monoisotopic (exact) mass is 353 g/mol. The molecular weight excluding hydrogens is 326 g/mol. The number of alkyl carbamates (subject to hydrolysis) is 1. The molecule has 1 aliphatic carbocycles. The molecule has 0 bridgehead atoms. The third kappa shape index (κ3) is 3.61. The van der Waals surface area contributed by atoms with E-state index in [9.17, 15) is 9.90 Å². The Bertz CT molecular complexity index is 746. The fraction of sp³-hybridized carbons (Fsp3) is 0.409. The average molecular weight is 353 g/mol. The Morgan fingerprint density at radius 2 is 1.58 bits per heavy atom. The number of hydrogen-bond donors (Lipinski definition) is 2. The molecule has 138 valence electrons. The lowest BCUT2D eigenvalue weighted by Crippen LogP contribution is -2.52. The van der Waals surface area contributed by atoms with E-state index >= 15 is 0 Å². The summed E-state index contributed by atoms with van der Waals surface area (Å²) < 4.78 is 5.55. The summed E-state index contributed by atoms with van der Waals surface area (Å²) in [6.45, 7) is 7.60. The fourth-order valence-corrected chi connectivity index (χ4v) is 3.93. The van der Waals surface area contributed by atoms with Crippen molar-refractivity contribution in [2.24, 2.45) is 5.92 Å². The van der Waals surface area contributed by atoms with Crippen molar-refractivity contribution in [3.63, 3.8) is 0 Å². The molecule has 3 rings (SSSR count). The SMILES string of the molecule is CC(C)[C@H](NC(=O)OCC1c2ccccc2-c2ccccc21)C(C)(C)O. The van der Waals surface area contributed by atoms with Crippen LogP contribution in [0.15, 0.2) is 48.5 Å². The zero-order valence-corrected chi connectivity index (χ0v) is 15.8. The van der Waals surface area contributed by atoms with Crippen molar-refractivity contribution >= 4 is 6.09 Å². The van der Waals surface area contributed by atoms with Gasteiger partial charge >= 0.3 is 6.09 Å². The van der Waals surface area contributed by atoms with Crippen molar-refractivity contribution in [3.8, 4) is 11.1 Å². The van der Waals surface area contributed by atoms with Gasteiger partial charge in [0.05, 0.1) is 11.6 Å². The molecular formula is C22H27NO3. The van der Waals surface area contributed by atoms with E-state index in [0.29, 0.717) is 0 Å². The van der Waals surface area contributed by atoms with Crippen molar-refractivity contribution in [3.05, 3.63) is 59.7 Å². The molecule has 0 saturated carbocycles. The number of hydrogen-bond acceptors (Lipinski definition) is 3. The van der Waals surface area contributed by atoms with Gasteiger partial charge in [-0.15, -0.1) is 0 Å². The van der Waals surface area contributed by atoms with Crippen LogP contribution < -0.4 is 5.32 Å². The van der Waals surface area contributed by atoms with Crippen molar-refractivity contribution in [1.29, 1.82) is 0 Å². The predicted octanol–water partition coefficient (Wildman–Crippen LogP) is 4.32. The van der Waals surface area contributed by atoms with Crippen LogP contribution in [-0.2, 0) is 4.74 Å². The molecule has 2 N–H and O–H groups in total. The quantitative estimate of drug-likeness (QED) is 0.841. The molecule has 4 heteroatoms. The Morgan fingerprint density at radius 3 is 2.04 bits per heavy atom. The first-order valence-corrected chi connectivity index (χ1v) is 9.13. The summed E-state index contributed by atoms with van der Waals surface area (Å²) in [5, 5.41) is 13.1. The van der Waals surface area contributed by atoms with Crippen LogP contribution in [0.3, 0.4) is 0 Å². The average Bonchev–Trinajstić information content (AvgIpc) is 2.91. The molecule has 26 heavy (non-hydrogen) atoms. The highest BCUT2D eigenvalue weighted by Gasteiger charge is 2.33. The van der Waals surface area contributed by atoms with E-state index in [2.05, 4.69) is 29.6 Å². The molecule has 0 fully saturated rings. The maximum absolute atomic E-state index is 12.3. The number of fused-ring (bicyclic) bond motifs is 3. The van der Waals surface area contributed by atoms with Crippen LogP contribution in [-0.4, -0.2) is 29.4 Å². The number of nitrogens with one attached hydrogen (secondary N) is 1. The van der Waals surface area contributed by atoms with Gasteiger partial charge in [-0.3, -0.25) is 0 Å². The Morgan fingerprint density at radius 1 is 1.08 bits per heavy atom. The normalized spacial score (nSPS) is 14.7. The number of carbonyl (C=O) groups is 1. The smallest absolute Gasteiger partial charge is 0.407 e. The van der Waals surface area contributed by atoms with Gasteiger partial charge in [-0.1, -0.05) is 62.4 Å². The van der Waals surface area contributed by atoms with Crippen LogP contribution in [0.5, 0.6) is 0 Å². The van der Waals surface area contributed by atoms with E-state index in [1.165, 1.54) is 22.3 Å². The summed E-state index contributed by atoms with van der Waals surface area (Å²) in [6.07, 6.45) is -0.493. The molecule has 1 amide bonds. The number of ether oxygens (including phenoxy) is 1. The van der Waals surface area contributed by atoms with Crippen molar-refractivity contribution in [2.45, 2.75) is 45.3 Å². The van der Waals surface area contributed by atoms with E-state index < -0.39 is 11.7 Å². The second kappa shape index (κ2) is 7.12. The minimum Gasteiger partial charge on any atom is -0.449 e. The first kappa shape index (κ1) is 18.5. The maximum Gasteiger partial charge on any atom is 0.407 e. The van der Waals surface area contributed by atoms with Crippen molar-refractivity contribution < 1.29 is 14.6 Å². The van der Waals surface area contributed by atoms with E-state index in [4.69, 9.17) is 4.74 Å². The largest absolute Gasteiger partial charge is 0.449 e. The van der Waals surface area contributed by atoms with Crippen LogP contribution in [0.1, 0.15) is 44.7 Å². The lowest BCUT2D eigenvalue weighted by Gasteiger charge is -2.33. The second-order valence-electron chi connectivity index (χ2n) is 7.85. The van der Waals surface area contributed by atoms with Gasteiger partial charge in [0.2, 0.25) is 0 Å². The number of rotatable bonds is 5. The zero-order chi connectivity index (χ0) is 18.9. The van der Waals surface area contributed by atoms with Gasteiger partial charge < -0.3 is 15.2 Å². The standard InChI is InChI=1S/C22H27NO3/c1-14(2)20(22(3,4)25)23-21(24)26-13-19-17-11-7-5-9-15(17)16-10-6-8-12-18(16)19/h5-12,14,19-20,25H,13H2,1-4H3,(H,23,24)/t20-/m0/s1. The van der Waals surface area contributed by atoms with Crippen molar-refractivity contribution in [2.75, 3.05) is 6.61 Å². The highest BCUT2D eigenvalue weighted by atomic mass is 16.5. The van der Waals surface area contributed by atoms with Gasteiger partial charge in [0, 0.05) is 5.92 Å². The Labute approximate surface area is 155 Å². The van der Waals surface area contributed by atoms with Gasteiger partial charge in [-0.25, -0.2) is 4.79 Å². The Balaban J connectivity index is 1.73. The molecule has 1 atom stereocenters.